The SMILES string of the molecule is CC(=O)N(O)CCCC1NC(=O)C(CCCN(O)C(=O)/C=C(\C)CCOC(=O)C(N)CCCN(O)C(=O)C/C=C(\C)CCO)NC1=O. The molecule has 266 valence electrons. The molecule has 3 atom stereocenters. The van der Waals surface area contributed by atoms with Crippen molar-refractivity contribution in [2.45, 2.75) is 96.7 Å². The smallest absolute Gasteiger partial charge is 0.322 e. The quantitative estimate of drug-likeness (QED) is 0.0278. The summed E-state index contributed by atoms with van der Waals surface area (Å²) in [5.41, 5.74) is 7.19. The lowest BCUT2D eigenvalue weighted by Gasteiger charge is -2.30. The Morgan fingerprint density at radius 3 is 1.96 bits per heavy atom. The Hall–Kier alpha value is -3.90. The normalized spacial score (nSPS) is 17.4. The van der Waals surface area contributed by atoms with E-state index < -0.39 is 53.6 Å². The third-order valence-corrected chi connectivity index (χ3v) is 7.33. The van der Waals surface area contributed by atoms with Crippen LogP contribution in [0.4, 0.5) is 0 Å². The van der Waals surface area contributed by atoms with Crippen LogP contribution in [0.1, 0.15) is 78.6 Å². The Morgan fingerprint density at radius 2 is 1.40 bits per heavy atom. The fourth-order valence-electron chi connectivity index (χ4n) is 4.37. The zero-order valence-electron chi connectivity index (χ0n) is 27.4. The van der Waals surface area contributed by atoms with Crippen molar-refractivity contribution in [3.8, 4) is 0 Å². The van der Waals surface area contributed by atoms with Crippen LogP contribution >= 0.6 is 0 Å². The van der Waals surface area contributed by atoms with Gasteiger partial charge in [-0.2, -0.15) is 0 Å². The van der Waals surface area contributed by atoms with Gasteiger partial charge in [-0.25, -0.2) is 15.2 Å². The monoisotopic (exact) mass is 670 g/mol. The first-order chi connectivity index (χ1) is 22.2. The van der Waals surface area contributed by atoms with Gasteiger partial charge in [0.2, 0.25) is 23.6 Å². The molecule has 1 heterocycles. The number of amides is 5. The fourth-order valence-corrected chi connectivity index (χ4v) is 4.37. The molecule has 0 saturated carbocycles. The van der Waals surface area contributed by atoms with E-state index in [4.69, 9.17) is 15.6 Å². The molecule has 5 amide bonds. The van der Waals surface area contributed by atoms with Gasteiger partial charge in [0.05, 0.1) is 6.61 Å². The summed E-state index contributed by atoms with van der Waals surface area (Å²) in [6.45, 7) is 4.38. The molecule has 17 heteroatoms. The summed E-state index contributed by atoms with van der Waals surface area (Å²) in [5, 5.41) is 45.0. The highest BCUT2D eigenvalue weighted by molar-refractivity contribution is 5.96. The van der Waals surface area contributed by atoms with Crippen molar-refractivity contribution in [3.63, 3.8) is 0 Å². The number of nitrogens with zero attached hydrogens (tertiary/aromatic N) is 3. The number of hydroxylamine groups is 6. The lowest BCUT2D eigenvalue weighted by atomic mass is 10.0. The molecular formula is C30H50N6O11. The molecule has 3 unspecified atom stereocenters. The number of rotatable bonds is 21. The molecule has 0 aromatic rings. The van der Waals surface area contributed by atoms with E-state index >= 15 is 0 Å². The predicted octanol–water partition coefficient (Wildman–Crippen LogP) is -0.0908. The first-order valence-electron chi connectivity index (χ1n) is 15.6. The molecule has 8 N–H and O–H groups in total. The Balaban J connectivity index is 2.31. The van der Waals surface area contributed by atoms with Gasteiger partial charge in [0.25, 0.3) is 5.91 Å². The number of esters is 1. The van der Waals surface area contributed by atoms with Gasteiger partial charge in [-0.1, -0.05) is 17.2 Å². The average Bonchev–Trinajstić information content (AvgIpc) is 3.01. The van der Waals surface area contributed by atoms with Crippen molar-refractivity contribution in [2.24, 2.45) is 5.73 Å². The lowest BCUT2D eigenvalue weighted by Crippen LogP contribution is -2.61. The largest absolute Gasteiger partial charge is 0.464 e. The van der Waals surface area contributed by atoms with Crippen LogP contribution < -0.4 is 16.4 Å². The second kappa shape index (κ2) is 21.8. The van der Waals surface area contributed by atoms with Crippen molar-refractivity contribution in [2.75, 3.05) is 32.8 Å². The molecule has 0 aromatic heterocycles. The van der Waals surface area contributed by atoms with Crippen molar-refractivity contribution >= 4 is 35.5 Å². The second-order valence-corrected chi connectivity index (χ2v) is 11.4. The number of aliphatic hydroxyl groups excluding tert-OH is 1. The molecule has 0 aromatic carbocycles. The third-order valence-electron chi connectivity index (χ3n) is 7.33. The van der Waals surface area contributed by atoms with Crippen molar-refractivity contribution in [1.82, 2.24) is 25.8 Å². The van der Waals surface area contributed by atoms with E-state index in [0.29, 0.717) is 33.6 Å². The van der Waals surface area contributed by atoms with E-state index in [2.05, 4.69) is 10.6 Å². The minimum absolute atomic E-state index is 0.0158. The molecule has 0 spiro atoms. The van der Waals surface area contributed by atoms with Gasteiger partial charge < -0.3 is 26.2 Å². The summed E-state index contributed by atoms with van der Waals surface area (Å²) in [6.07, 6.45) is 4.73. The third kappa shape index (κ3) is 16.5. The van der Waals surface area contributed by atoms with Crippen LogP contribution in [0.2, 0.25) is 0 Å². The summed E-state index contributed by atoms with van der Waals surface area (Å²) < 4.78 is 5.15. The fraction of sp³-hybridized carbons (Fsp3) is 0.667. The van der Waals surface area contributed by atoms with Crippen molar-refractivity contribution in [1.29, 1.82) is 0 Å². The number of aliphatic hydroxyl groups is 1. The minimum Gasteiger partial charge on any atom is -0.464 e. The Kier molecular flexibility index (Phi) is 19.1. The van der Waals surface area contributed by atoms with E-state index in [0.717, 1.165) is 5.57 Å². The second-order valence-electron chi connectivity index (χ2n) is 11.4. The van der Waals surface area contributed by atoms with E-state index in [1.807, 2.05) is 0 Å². The highest BCUT2D eigenvalue weighted by atomic mass is 16.5. The van der Waals surface area contributed by atoms with Crippen LogP contribution in [0.15, 0.2) is 23.3 Å². The van der Waals surface area contributed by atoms with Gasteiger partial charge in [0, 0.05) is 52.1 Å². The summed E-state index contributed by atoms with van der Waals surface area (Å²) >= 11 is 0. The summed E-state index contributed by atoms with van der Waals surface area (Å²) in [5.74, 6) is -3.26. The molecule has 1 rings (SSSR count). The number of hydrogen-bond donors (Lipinski definition) is 7. The molecule has 47 heavy (non-hydrogen) atoms. The lowest BCUT2D eigenvalue weighted by molar-refractivity contribution is -0.164. The van der Waals surface area contributed by atoms with Crippen LogP contribution in [0.5, 0.6) is 0 Å². The van der Waals surface area contributed by atoms with E-state index in [9.17, 15) is 44.4 Å². The molecular weight excluding hydrogens is 620 g/mol. The first-order valence-corrected chi connectivity index (χ1v) is 15.6. The summed E-state index contributed by atoms with van der Waals surface area (Å²) in [6, 6.07) is -2.61. The number of piperazine rings is 1. The molecule has 0 aliphatic carbocycles. The predicted molar refractivity (Wildman–Crippen MR) is 165 cm³/mol. The van der Waals surface area contributed by atoms with Crippen LogP contribution in [-0.2, 0) is 33.5 Å². The first kappa shape index (κ1) is 41.1. The van der Waals surface area contributed by atoms with Gasteiger partial charge >= 0.3 is 5.97 Å². The number of carbonyl (C=O) groups is 6. The molecule has 1 fully saturated rings. The van der Waals surface area contributed by atoms with E-state index in [1.165, 1.54) is 13.0 Å². The Labute approximate surface area is 274 Å². The summed E-state index contributed by atoms with van der Waals surface area (Å²) in [4.78, 5) is 72.2. The zero-order chi connectivity index (χ0) is 35.5. The Bertz CT molecular complexity index is 1150. The van der Waals surface area contributed by atoms with Gasteiger partial charge in [-0.15, -0.1) is 0 Å². The topological polar surface area (TPSA) is 252 Å². The van der Waals surface area contributed by atoms with Crippen LogP contribution in [0.25, 0.3) is 0 Å². The highest BCUT2D eigenvalue weighted by Gasteiger charge is 2.33. The molecule has 1 aliphatic rings. The zero-order valence-corrected chi connectivity index (χ0v) is 27.4. The van der Waals surface area contributed by atoms with Crippen LogP contribution in [0, 0.1) is 0 Å². The molecule has 1 aliphatic heterocycles. The molecule has 1 saturated heterocycles. The van der Waals surface area contributed by atoms with Crippen LogP contribution in [0.3, 0.4) is 0 Å². The maximum atomic E-state index is 12.4. The Morgan fingerprint density at radius 1 is 0.851 bits per heavy atom. The standard InChI is InChI=1S/C30H50N6O11/c1-20(12-17-37)10-11-26(39)35(45)15-4-7-23(31)30(43)47-18-13-21(2)19-27(40)36(46)16-6-9-25-29(42)32-24(28(41)33-25)8-5-14-34(44)22(3)38/h10,19,23-25,37,44-46H,4-9,11-18,31H2,1-3H3,(H,32,42)(H,33,41)/b20-10+,21-19+. The number of ether oxygens (including phenoxy) is 1. The maximum absolute atomic E-state index is 12.4. The number of hydrogen-bond acceptors (Lipinski definition) is 12. The number of nitrogens with two attached hydrogens (primary N) is 1. The van der Waals surface area contributed by atoms with Gasteiger partial charge in [0.15, 0.2) is 0 Å². The summed E-state index contributed by atoms with van der Waals surface area (Å²) in [7, 11) is 0. The molecule has 17 nitrogen and oxygen atoms in total. The van der Waals surface area contributed by atoms with Gasteiger partial charge in [0.1, 0.15) is 18.1 Å². The number of carbonyl (C=O) groups excluding carboxylic acids is 6. The average molecular weight is 671 g/mol. The van der Waals surface area contributed by atoms with Crippen LogP contribution in [-0.4, -0.2) is 122 Å². The molecule has 0 bridgehead atoms. The van der Waals surface area contributed by atoms with E-state index in [1.54, 1.807) is 19.9 Å². The van der Waals surface area contributed by atoms with Crippen molar-refractivity contribution < 1.29 is 54.2 Å². The van der Waals surface area contributed by atoms with Crippen molar-refractivity contribution in [3.05, 3.63) is 23.3 Å². The highest BCUT2D eigenvalue weighted by Crippen LogP contribution is 2.10. The van der Waals surface area contributed by atoms with Gasteiger partial charge in [-0.05, 0) is 58.8 Å². The molecule has 0 radical (unpaired) electrons. The number of nitrogens with one attached hydrogen (secondary N) is 2. The van der Waals surface area contributed by atoms with Gasteiger partial charge in [-0.3, -0.25) is 44.4 Å². The maximum Gasteiger partial charge on any atom is 0.322 e. The van der Waals surface area contributed by atoms with E-state index in [-0.39, 0.29) is 77.8 Å². The minimum atomic E-state index is -0.976.